The molecule has 2 aromatic heterocycles. The van der Waals surface area contributed by atoms with Crippen LogP contribution in [0.4, 0.5) is 0 Å². The highest BCUT2D eigenvalue weighted by atomic mass is 35.5. The van der Waals surface area contributed by atoms with Crippen molar-refractivity contribution < 1.29 is 23.7 Å². The summed E-state index contributed by atoms with van der Waals surface area (Å²) in [6, 6.07) is 10.3. The lowest BCUT2D eigenvalue weighted by Crippen LogP contribution is -2.70. The predicted molar refractivity (Wildman–Crippen MR) is 176 cm³/mol. The van der Waals surface area contributed by atoms with E-state index in [9.17, 15) is 19.2 Å². The minimum atomic E-state index is -0.743. The standard InChI is InChI=1S/C29H29ClN8O4S3/c1-2-11-37(35-28(31)32)25(41)17-9-13-36(14-10-17)12-5-6-18-15-43-27-22(26(42)38(27)23(18)24(30)40)34-21(39)16-44-29-33-19-7-3-4-8-20(19)45-29/h3-10,13-14,22,27H,2,11-12,15-16H2,1H3,(H4-,31,32,34,35,39)/p+1/b6-5+/t22-,27-/m1/s1. The number of nitrogens with zero attached hydrogens (tertiary/aromatic N) is 5. The number of benzene rings is 1. The van der Waals surface area contributed by atoms with Crippen molar-refractivity contribution in [2.24, 2.45) is 16.6 Å². The Morgan fingerprint density at radius 2 is 2.00 bits per heavy atom. The molecule has 3 amide bonds. The van der Waals surface area contributed by atoms with Gasteiger partial charge in [-0.2, -0.15) is 0 Å². The molecule has 16 heteroatoms. The summed E-state index contributed by atoms with van der Waals surface area (Å²) in [4.78, 5) is 56.8. The van der Waals surface area contributed by atoms with Crippen molar-refractivity contribution in [3.05, 3.63) is 77.8 Å². The zero-order chi connectivity index (χ0) is 32.1. The fourth-order valence-corrected chi connectivity index (χ4v) is 8.15. The normalized spacial score (nSPS) is 17.6. The number of thiazole rings is 1. The van der Waals surface area contributed by atoms with E-state index in [4.69, 9.17) is 23.1 Å². The third-order valence-corrected chi connectivity index (χ3v) is 10.4. The topological polar surface area (TPSA) is 168 Å². The molecule has 0 unspecified atom stereocenters. The number of pyridine rings is 1. The molecule has 5 rings (SSSR count). The number of thioether (sulfide) groups is 2. The molecule has 5 N–H and O–H groups in total. The number of carbonyl (C=O) groups is 4. The highest BCUT2D eigenvalue weighted by Crippen LogP contribution is 2.41. The second kappa shape index (κ2) is 14.5. The molecule has 1 aromatic carbocycles. The molecule has 0 aliphatic carbocycles. The first-order valence-corrected chi connectivity index (χ1v) is 17.1. The van der Waals surface area contributed by atoms with E-state index in [0.29, 0.717) is 36.4 Å². The van der Waals surface area contributed by atoms with Gasteiger partial charge in [-0.05, 0) is 41.8 Å². The SMILES string of the molecule is CCCN(N=C(N)N)C(=O)c1cc[n+](C/C=C/C2=C(C(=O)Cl)N3C(=O)[C@@H](NC(=O)CSc4nc5ccccc5s4)[C@H]3SC2)cc1. The Morgan fingerprint density at radius 1 is 1.24 bits per heavy atom. The Bertz CT molecular complexity index is 1690. The third-order valence-electron chi connectivity index (χ3n) is 6.78. The number of allylic oxidation sites excluding steroid dienone is 3. The van der Waals surface area contributed by atoms with Crippen molar-refractivity contribution in [3.8, 4) is 0 Å². The zero-order valence-corrected chi connectivity index (χ0v) is 27.3. The molecule has 0 spiro atoms. The maximum Gasteiger partial charge on any atom is 0.274 e. The second-order valence-corrected chi connectivity index (χ2v) is 13.7. The number of nitrogens with one attached hydrogen (secondary N) is 1. The quantitative estimate of drug-likeness (QED) is 0.0493. The first-order valence-electron chi connectivity index (χ1n) is 13.9. The van der Waals surface area contributed by atoms with Gasteiger partial charge in [0.05, 0.1) is 21.5 Å². The largest absolute Gasteiger partial charge is 0.369 e. The molecule has 0 radical (unpaired) electrons. The second-order valence-electron chi connectivity index (χ2n) is 9.98. The van der Waals surface area contributed by atoms with E-state index in [-0.39, 0.29) is 35.1 Å². The van der Waals surface area contributed by atoms with Crippen LogP contribution in [0.25, 0.3) is 10.2 Å². The molecule has 45 heavy (non-hydrogen) atoms. The number of halogens is 1. The number of para-hydroxylation sites is 1. The van der Waals surface area contributed by atoms with Crippen LogP contribution in [0.15, 0.2) is 81.7 Å². The molecule has 1 fully saturated rings. The van der Waals surface area contributed by atoms with Crippen LogP contribution >= 0.6 is 46.5 Å². The fourth-order valence-electron chi connectivity index (χ4n) is 4.74. The first-order chi connectivity index (χ1) is 21.7. The van der Waals surface area contributed by atoms with Gasteiger partial charge in [0.25, 0.3) is 17.1 Å². The molecule has 1 saturated heterocycles. The number of amides is 3. The Labute approximate surface area is 276 Å². The minimum Gasteiger partial charge on any atom is -0.369 e. The maximum atomic E-state index is 13.1. The summed E-state index contributed by atoms with van der Waals surface area (Å²) >= 11 is 10.2. The Morgan fingerprint density at radius 3 is 2.69 bits per heavy atom. The molecular formula is C29H30ClN8O4S3+. The van der Waals surface area contributed by atoms with Gasteiger partial charge in [0.1, 0.15) is 17.1 Å². The average Bonchev–Trinajstić information content (AvgIpc) is 3.45. The van der Waals surface area contributed by atoms with Gasteiger partial charge in [0.2, 0.25) is 11.9 Å². The van der Waals surface area contributed by atoms with Crippen molar-refractivity contribution in [1.82, 2.24) is 20.2 Å². The summed E-state index contributed by atoms with van der Waals surface area (Å²) in [7, 11) is 0. The summed E-state index contributed by atoms with van der Waals surface area (Å²) in [6.07, 6.45) is 7.77. The number of β-lactam (4-membered cyclic amide) rings is 1. The monoisotopic (exact) mass is 685 g/mol. The number of hydrogen-bond acceptors (Lipinski definition) is 9. The molecule has 0 bridgehead atoms. The van der Waals surface area contributed by atoms with Crippen LogP contribution in [-0.4, -0.2) is 73.3 Å². The van der Waals surface area contributed by atoms with E-state index in [1.165, 1.54) is 44.8 Å². The molecule has 2 aliphatic rings. The van der Waals surface area contributed by atoms with E-state index in [0.717, 1.165) is 14.6 Å². The van der Waals surface area contributed by atoms with Crippen LogP contribution in [0.1, 0.15) is 23.7 Å². The van der Waals surface area contributed by atoms with E-state index >= 15 is 0 Å². The van der Waals surface area contributed by atoms with E-state index in [1.54, 1.807) is 30.6 Å². The van der Waals surface area contributed by atoms with Crippen LogP contribution in [-0.2, 0) is 20.9 Å². The summed E-state index contributed by atoms with van der Waals surface area (Å²) in [5, 5.41) is 6.77. The lowest BCUT2D eigenvalue weighted by atomic mass is 10.0. The molecule has 234 valence electrons. The Balaban J connectivity index is 1.18. The van der Waals surface area contributed by atoms with Crippen LogP contribution in [0.3, 0.4) is 0 Å². The smallest absolute Gasteiger partial charge is 0.274 e. The molecule has 2 atom stereocenters. The van der Waals surface area contributed by atoms with Gasteiger partial charge in [-0.3, -0.25) is 24.1 Å². The van der Waals surface area contributed by atoms with E-state index in [2.05, 4.69) is 15.4 Å². The number of aromatic nitrogens is 2. The predicted octanol–water partition coefficient (Wildman–Crippen LogP) is 2.39. The molecule has 4 heterocycles. The number of carbonyl (C=O) groups excluding carboxylic acids is 4. The maximum absolute atomic E-state index is 13.1. The number of guanidine groups is 1. The number of nitrogens with two attached hydrogens (primary N) is 2. The highest BCUT2D eigenvalue weighted by molar-refractivity contribution is 8.01. The zero-order valence-electron chi connectivity index (χ0n) is 24.1. The molecule has 0 saturated carbocycles. The summed E-state index contributed by atoms with van der Waals surface area (Å²) in [6.45, 7) is 2.72. The van der Waals surface area contributed by atoms with Gasteiger partial charge in [-0.25, -0.2) is 14.6 Å². The molecule has 12 nitrogen and oxygen atoms in total. The summed E-state index contributed by atoms with van der Waals surface area (Å²) in [5.74, 6) is -0.635. The number of hydrazone groups is 1. The van der Waals surface area contributed by atoms with Gasteiger partial charge in [-0.15, -0.1) is 28.2 Å². The van der Waals surface area contributed by atoms with Crippen molar-refractivity contribution in [2.45, 2.75) is 35.6 Å². The van der Waals surface area contributed by atoms with Crippen molar-refractivity contribution in [2.75, 3.05) is 18.1 Å². The van der Waals surface area contributed by atoms with Gasteiger partial charge < -0.3 is 16.8 Å². The number of fused-ring (bicyclic) bond motifs is 2. The number of rotatable bonds is 12. The number of hydrogen-bond donors (Lipinski definition) is 3. The van der Waals surface area contributed by atoms with E-state index in [1.807, 2.05) is 41.8 Å². The van der Waals surface area contributed by atoms with Gasteiger partial charge in [-0.1, -0.05) is 36.9 Å². The lowest BCUT2D eigenvalue weighted by molar-refractivity contribution is -0.687. The summed E-state index contributed by atoms with van der Waals surface area (Å²) in [5.41, 5.74) is 12.9. The van der Waals surface area contributed by atoms with Crippen molar-refractivity contribution in [3.63, 3.8) is 0 Å². The Kier molecular flexibility index (Phi) is 10.4. The fraction of sp³-hybridized carbons (Fsp3) is 0.276. The lowest BCUT2D eigenvalue weighted by Gasteiger charge is -2.49. The average molecular weight is 686 g/mol. The molecule has 3 aromatic rings. The van der Waals surface area contributed by atoms with Crippen molar-refractivity contribution in [1.29, 1.82) is 0 Å². The van der Waals surface area contributed by atoms with Gasteiger partial charge in [0.15, 0.2) is 23.3 Å². The van der Waals surface area contributed by atoms with E-state index < -0.39 is 16.7 Å². The first kappa shape index (κ1) is 32.5. The van der Waals surface area contributed by atoms with Crippen molar-refractivity contribution >= 4 is 85.6 Å². The molecular weight excluding hydrogens is 656 g/mol. The third kappa shape index (κ3) is 7.49. The van der Waals surface area contributed by atoms with Gasteiger partial charge in [0, 0.05) is 24.4 Å². The van der Waals surface area contributed by atoms with Crippen LogP contribution < -0.4 is 21.4 Å². The summed E-state index contributed by atoms with van der Waals surface area (Å²) < 4.78 is 3.66. The van der Waals surface area contributed by atoms with Crippen LogP contribution in [0.2, 0.25) is 0 Å². The van der Waals surface area contributed by atoms with Crippen LogP contribution in [0, 0.1) is 0 Å². The Hall–Kier alpha value is -3.92. The van der Waals surface area contributed by atoms with Gasteiger partial charge >= 0.3 is 0 Å². The minimum absolute atomic E-state index is 0.117. The van der Waals surface area contributed by atoms with Crippen LogP contribution in [0.5, 0.6) is 0 Å². The molecule has 2 aliphatic heterocycles. The highest BCUT2D eigenvalue weighted by Gasteiger charge is 2.53.